The summed E-state index contributed by atoms with van der Waals surface area (Å²) < 4.78 is 0.466. The summed E-state index contributed by atoms with van der Waals surface area (Å²) >= 11 is 6.58. The Morgan fingerprint density at radius 3 is 2.59 bits per heavy atom. The van der Waals surface area contributed by atoms with Crippen molar-refractivity contribution in [2.45, 2.75) is 13.8 Å². The molecule has 3 rings (SSSR count). The van der Waals surface area contributed by atoms with Crippen molar-refractivity contribution in [3.05, 3.63) is 86.3 Å². The molecule has 1 amide bonds. The standard InChI is InChI=1S/C20H16N2O3S2/c1-13-10-11-16(12-14(13)2)21-19(23)18(27-20(21)26)9-5-7-15-6-3-4-8-17(15)22(24)25/h3-12H,1-2H3/b7-5+,18-9-. The SMILES string of the molecule is Cc1ccc(N2C(=O)/C(=C/C=C/c3ccccc3[N+](=O)[O-])SC2=S)cc1C. The van der Waals surface area contributed by atoms with Crippen molar-refractivity contribution in [1.29, 1.82) is 0 Å². The highest BCUT2D eigenvalue weighted by Crippen LogP contribution is 2.35. The molecule has 0 unspecified atom stereocenters. The second-order valence-corrected chi connectivity index (χ2v) is 7.66. The minimum Gasteiger partial charge on any atom is -0.268 e. The number of nitro groups is 1. The van der Waals surface area contributed by atoms with E-state index in [1.165, 1.54) is 22.7 Å². The number of allylic oxidation sites excluding steroid dienone is 2. The molecule has 0 bridgehead atoms. The summed E-state index contributed by atoms with van der Waals surface area (Å²) in [5.74, 6) is -0.194. The van der Waals surface area contributed by atoms with E-state index < -0.39 is 4.92 Å². The summed E-state index contributed by atoms with van der Waals surface area (Å²) in [4.78, 5) is 25.4. The molecule has 0 spiro atoms. The van der Waals surface area contributed by atoms with E-state index in [4.69, 9.17) is 12.2 Å². The largest absolute Gasteiger partial charge is 0.276 e. The van der Waals surface area contributed by atoms with Gasteiger partial charge in [-0.3, -0.25) is 19.8 Å². The first-order valence-electron chi connectivity index (χ1n) is 8.14. The van der Waals surface area contributed by atoms with Crippen molar-refractivity contribution in [3.8, 4) is 0 Å². The lowest BCUT2D eigenvalue weighted by atomic mass is 10.1. The van der Waals surface area contributed by atoms with E-state index in [2.05, 4.69) is 0 Å². The van der Waals surface area contributed by atoms with Gasteiger partial charge in [-0.25, -0.2) is 0 Å². The van der Waals surface area contributed by atoms with Crippen molar-refractivity contribution >= 4 is 51.7 Å². The molecule has 1 heterocycles. The van der Waals surface area contributed by atoms with E-state index in [-0.39, 0.29) is 11.6 Å². The summed E-state index contributed by atoms with van der Waals surface area (Å²) in [7, 11) is 0. The van der Waals surface area contributed by atoms with E-state index in [1.807, 2.05) is 32.0 Å². The Kier molecular flexibility index (Phi) is 5.53. The summed E-state index contributed by atoms with van der Waals surface area (Å²) in [6.45, 7) is 4.00. The quantitative estimate of drug-likeness (QED) is 0.309. The number of hydrogen-bond acceptors (Lipinski definition) is 5. The maximum absolute atomic E-state index is 12.7. The Bertz CT molecular complexity index is 1010. The number of nitro benzene ring substituents is 1. The molecule has 1 aliphatic rings. The average Bonchev–Trinajstić information content (AvgIpc) is 2.91. The highest BCUT2D eigenvalue weighted by Gasteiger charge is 2.33. The van der Waals surface area contributed by atoms with Crippen LogP contribution < -0.4 is 4.90 Å². The van der Waals surface area contributed by atoms with Gasteiger partial charge in [0.2, 0.25) is 0 Å². The molecule has 7 heteroatoms. The van der Waals surface area contributed by atoms with Gasteiger partial charge in [0.25, 0.3) is 11.6 Å². The number of benzene rings is 2. The highest BCUT2D eigenvalue weighted by molar-refractivity contribution is 8.27. The molecular weight excluding hydrogens is 380 g/mol. The van der Waals surface area contributed by atoms with Crippen LogP contribution in [0.5, 0.6) is 0 Å². The zero-order valence-electron chi connectivity index (χ0n) is 14.7. The zero-order chi connectivity index (χ0) is 19.6. The molecule has 1 aliphatic heterocycles. The van der Waals surface area contributed by atoms with Gasteiger partial charge in [-0.05, 0) is 55.3 Å². The summed E-state index contributed by atoms with van der Waals surface area (Å²) in [6, 6.07) is 12.2. The Morgan fingerprint density at radius 1 is 1.15 bits per heavy atom. The Morgan fingerprint density at radius 2 is 1.89 bits per heavy atom. The molecule has 0 aromatic heterocycles. The highest BCUT2D eigenvalue weighted by atomic mass is 32.2. The fraction of sp³-hybridized carbons (Fsp3) is 0.100. The molecule has 0 radical (unpaired) electrons. The number of carbonyl (C=O) groups excluding carboxylic acids is 1. The van der Waals surface area contributed by atoms with Crippen LogP contribution in [0.3, 0.4) is 0 Å². The number of anilines is 1. The van der Waals surface area contributed by atoms with Gasteiger partial charge in [0.05, 0.1) is 21.1 Å². The van der Waals surface area contributed by atoms with Crippen LogP contribution in [0.1, 0.15) is 16.7 Å². The molecule has 136 valence electrons. The van der Waals surface area contributed by atoms with Crippen molar-refractivity contribution in [1.82, 2.24) is 0 Å². The molecule has 2 aromatic rings. The lowest BCUT2D eigenvalue weighted by Crippen LogP contribution is -2.27. The van der Waals surface area contributed by atoms with Crippen LogP contribution in [0.15, 0.2) is 59.5 Å². The first-order valence-corrected chi connectivity index (χ1v) is 9.36. The zero-order valence-corrected chi connectivity index (χ0v) is 16.3. The van der Waals surface area contributed by atoms with Crippen LogP contribution in [-0.2, 0) is 4.79 Å². The van der Waals surface area contributed by atoms with Crippen molar-refractivity contribution < 1.29 is 9.72 Å². The molecule has 27 heavy (non-hydrogen) atoms. The molecule has 5 nitrogen and oxygen atoms in total. The molecule has 0 saturated carbocycles. The van der Waals surface area contributed by atoms with Gasteiger partial charge in [-0.2, -0.15) is 0 Å². The monoisotopic (exact) mass is 396 g/mol. The topological polar surface area (TPSA) is 63.5 Å². The van der Waals surface area contributed by atoms with Crippen molar-refractivity contribution in [2.24, 2.45) is 0 Å². The third-order valence-electron chi connectivity index (χ3n) is 4.20. The number of carbonyl (C=O) groups is 1. The van der Waals surface area contributed by atoms with Crippen molar-refractivity contribution in [2.75, 3.05) is 4.90 Å². The number of rotatable bonds is 4. The minimum absolute atomic E-state index is 0.0184. The Balaban J connectivity index is 1.84. The fourth-order valence-corrected chi connectivity index (χ4v) is 3.85. The number of para-hydroxylation sites is 1. The summed E-state index contributed by atoms with van der Waals surface area (Å²) in [6.07, 6.45) is 4.88. The van der Waals surface area contributed by atoms with Crippen LogP contribution in [-0.4, -0.2) is 15.2 Å². The first-order chi connectivity index (χ1) is 12.9. The van der Waals surface area contributed by atoms with Gasteiger partial charge >= 0.3 is 0 Å². The summed E-state index contributed by atoms with van der Waals surface area (Å²) in [5.41, 5.74) is 3.47. The van der Waals surface area contributed by atoms with E-state index >= 15 is 0 Å². The van der Waals surface area contributed by atoms with Crippen LogP contribution in [0, 0.1) is 24.0 Å². The lowest BCUT2D eigenvalue weighted by molar-refractivity contribution is -0.385. The number of amides is 1. The first kappa shape index (κ1) is 19.0. The van der Waals surface area contributed by atoms with E-state index in [1.54, 1.807) is 36.4 Å². The Labute approximate surface area is 166 Å². The van der Waals surface area contributed by atoms with E-state index in [0.717, 1.165) is 16.8 Å². The Hall–Kier alpha value is -2.77. The van der Waals surface area contributed by atoms with Crippen LogP contribution in [0.2, 0.25) is 0 Å². The molecule has 0 N–H and O–H groups in total. The van der Waals surface area contributed by atoms with Crippen LogP contribution in [0.25, 0.3) is 6.08 Å². The van der Waals surface area contributed by atoms with Gasteiger partial charge in [-0.1, -0.05) is 48.3 Å². The predicted octanol–water partition coefficient (Wildman–Crippen LogP) is 5.17. The van der Waals surface area contributed by atoms with Crippen molar-refractivity contribution in [3.63, 3.8) is 0 Å². The second-order valence-electron chi connectivity index (χ2n) is 5.98. The molecule has 1 fully saturated rings. The molecule has 0 atom stereocenters. The van der Waals surface area contributed by atoms with Gasteiger partial charge < -0.3 is 0 Å². The normalized spacial score (nSPS) is 15.9. The van der Waals surface area contributed by atoms with E-state index in [9.17, 15) is 14.9 Å². The van der Waals surface area contributed by atoms with E-state index in [0.29, 0.717) is 14.8 Å². The average molecular weight is 396 g/mol. The molecular formula is C20H16N2O3S2. The molecule has 1 saturated heterocycles. The smallest absolute Gasteiger partial charge is 0.268 e. The minimum atomic E-state index is -0.432. The number of nitrogens with zero attached hydrogens (tertiary/aromatic N) is 2. The second kappa shape index (κ2) is 7.85. The summed E-state index contributed by atoms with van der Waals surface area (Å²) in [5, 5.41) is 11.1. The molecule has 2 aromatic carbocycles. The van der Waals surface area contributed by atoms with Crippen LogP contribution in [0.4, 0.5) is 11.4 Å². The third kappa shape index (κ3) is 3.99. The number of thiocarbonyl (C=S) groups is 1. The predicted molar refractivity (Wildman–Crippen MR) is 114 cm³/mol. The van der Waals surface area contributed by atoms with Crippen LogP contribution >= 0.6 is 24.0 Å². The molecule has 0 aliphatic carbocycles. The number of aryl methyl sites for hydroxylation is 2. The maximum atomic E-state index is 12.7. The maximum Gasteiger partial charge on any atom is 0.276 e. The lowest BCUT2D eigenvalue weighted by Gasteiger charge is -2.15. The number of thioether (sulfide) groups is 1. The van der Waals surface area contributed by atoms with Gasteiger partial charge in [-0.15, -0.1) is 0 Å². The van der Waals surface area contributed by atoms with Gasteiger partial charge in [0.15, 0.2) is 4.32 Å². The fourth-order valence-electron chi connectivity index (χ4n) is 2.60. The third-order valence-corrected chi connectivity index (χ3v) is 5.52. The van der Waals surface area contributed by atoms with Gasteiger partial charge in [0.1, 0.15) is 0 Å². The van der Waals surface area contributed by atoms with Gasteiger partial charge in [0, 0.05) is 6.07 Å². The number of hydrogen-bond donors (Lipinski definition) is 0.